The highest BCUT2D eigenvalue weighted by Crippen LogP contribution is 2.29. The van der Waals surface area contributed by atoms with E-state index in [0.717, 1.165) is 55.1 Å². The van der Waals surface area contributed by atoms with Crippen LogP contribution < -0.4 is 15.0 Å². The summed E-state index contributed by atoms with van der Waals surface area (Å²) in [6, 6.07) is 12.2. The fourth-order valence-electron chi connectivity index (χ4n) is 4.46. The van der Waals surface area contributed by atoms with Gasteiger partial charge in [0.15, 0.2) is 5.82 Å². The minimum atomic E-state index is 0.0290. The molecule has 1 saturated carbocycles. The lowest BCUT2D eigenvalue weighted by atomic mass is 9.93. The van der Waals surface area contributed by atoms with Crippen molar-refractivity contribution in [1.29, 1.82) is 0 Å². The number of carbonyl (C=O) groups excluding carboxylic acids is 1. The number of aromatic nitrogens is 2. The maximum atomic E-state index is 12.8. The number of rotatable bonds is 5. The van der Waals surface area contributed by atoms with Crippen LogP contribution in [0.4, 0.5) is 5.82 Å². The molecule has 6 heteroatoms. The highest BCUT2D eigenvalue weighted by Gasteiger charge is 2.28. The molecule has 1 aliphatic carbocycles. The fraction of sp³-hybridized carbons (Fsp3) is 0.522. The standard InChI is InChI=1S/C23H30N4O2/c1-29-21-12-6-5-11-19(21)20-13-14-22(26-25-20)27-15-7-8-17(16-27)23(28)24-18-9-3-2-4-10-18/h5-6,11-14,17-18H,2-4,7-10,15-16H2,1H3,(H,24,28). The van der Waals surface area contributed by atoms with Crippen molar-refractivity contribution in [3.05, 3.63) is 36.4 Å². The smallest absolute Gasteiger partial charge is 0.225 e. The van der Waals surface area contributed by atoms with Crippen molar-refractivity contribution in [2.45, 2.75) is 51.0 Å². The van der Waals surface area contributed by atoms with Crippen molar-refractivity contribution in [2.75, 3.05) is 25.1 Å². The van der Waals surface area contributed by atoms with Crippen LogP contribution in [0.15, 0.2) is 36.4 Å². The Bertz CT molecular complexity index is 818. The summed E-state index contributed by atoms with van der Waals surface area (Å²) in [7, 11) is 1.66. The van der Waals surface area contributed by atoms with Gasteiger partial charge in [-0.05, 0) is 49.9 Å². The van der Waals surface area contributed by atoms with Crippen LogP contribution in [-0.2, 0) is 4.79 Å². The SMILES string of the molecule is COc1ccccc1-c1ccc(N2CCCC(C(=O)NC3CCCCC3)C2)nn1. The number of carbonyl (C=O) groups is 1. The van der Waals surface area contributed by atoms with Crippen molar-refractivity contribution in [3.63, 3.8) is 0 Å². The van der Waals surface area contributed by atoms with E-state index in [0.29, 0.717) is 12.6 Å². The van der Waals surface area contributed by atoms with Gasteiger partial charge in [-0.2, -0.15) is 0 Å². The van der Waals surface area contributed by atoms with Gasteiger partial charge in [0, 0.05) is 24.7 Å². The molecule has 1 amide bonds. The van der Waals surface area contributed by atoms with Crippen LogP contribution in [0.1, 0.15) is 44.9 Å². The van der Waals surface area contributed by atoms with Gasteiger partial charge in [0.05, 0.1) is 18.7 Å². The molecule has 1 unspecified atom stereocenters. The Hall–Kier alpha value is -2.63. The summed E-state index contributed by atoms with van der Waals surface area (Å²) >= 11 is 0. The Balaban J connectivity index is 1.41. The third-order valence-electron chi connectivity index (χ3n) is 6.10. The summed E-state index contributed by atoms with van der Waals surface area (Å²) in [5.41, 5.74) is 1.72. The van der Waals surface area contributed by atoms with E-state index in [1.54, 1.807) is 7.11 Å². The second-order valence-electron chi connectivity index (χ2n) is 8.11. The topological polar surface area (TPSA) is 67.3 Å². The minimum absolute atomic E-state index is 0.0290. The third-order valence-corrected chi connectivity index (χ3v) is 6.10. The molecule has 154 valence electrons. The maximum Gasteiger partial charge on any atom is 0.225 e. The summed E-state index contributed by atoms with van der Waals surface area (Å²) < 4.78 is 5.43. The van der Waals surface area contributed by atoms with Gasteiger partial charge in [-0.25, -0.2) is 0 Å². The van der Waals surface area contributed by atoms with Crippen molar-refractivity contribution >= 4 is 11.7 Å². The first-order valence-electron chi connectivity index (χ1n) is 10.8. The van der Waals surface area contributed by atoms with Crippen LogP contribution in [0, 0.1) is 5.92 Å². The number of para-hydroxylation sites is 1. The summed E-state index contributed by atoms with van der Waals surface area (Å²) in [4.78, 5) is 15.0. The van der Waals surface area contributed by atoms with E-state index in [2.05, 4.69) is 20.4 Å². The van der Waals surface area contributed by atoms with Gasteiger partial charge in [0.1, 0.15) is 5.75 Å². The molecule has 4 rings (SSSR count). The largest absolute Gasteiger partial charge is 0.496 e. The molecule has 29 heavy (non-hydrogen) atoms. The quantitative estimate of drug-likeness (QED) is 0.835. The number of ether oxygens (including phenoxy) is 1. The van der Waals surface area contributed by atoms with Gasteiger partial charge in [0.25, 0.3) is 0 Å². The second kappa shape index (κ2) is 9.25. The van der Waals surface area contributed by atoms with Crippen LogP contribution in [0.5, 0.6) is 5.75 Å². The lowest BCUT2D eigenvalue weighted by Crippen LogP contribution is -2.46. The Morgan fingerprint density at radius 1 is 1.03 bits per heavy atom. The number of methoxy groups -OCH3 is 1. The molecule has 2 aliphatic rings. The summed E-state index contributed by atoms with van der Waals surface area (Å²) in [5, 5.41) is 12.2. The number of amides is 1. The molecule has 1 aliphatic heterocycles. The number of piperidine rings is 1. The van der Waals surface area contributed by atoms with Crippen molar-refractivity contribution in [3.8, 4) is 17.0 Å². The number of anilines is 1. The molecule has 2 aromatic rings. The monoisotopic (exact) mass is 394 g/mol. The Morgan fingerprint density at radius 3 is 2.62 bits per heavy atom. The van der Waals surface area contributed by atoms with E-state index < -0.39 is 0 Å². The van der Waals surface area contributed by atoms with Crippen molar-refractivity contribution < 1.29 is 9.53 Å². The normalized spacial score (nSPS) is 20.3. The van der Waals surface area contributed by atoms with Crippen LogP contribution in [0.3, 0.4) is 0 Å². The predicted octanol–water partition coefficient (Wildman–Crippen LogP) is 3.82. The number of nitrogens with one attached hydrogen (secondary N) is 1. The first-order valence-corrected chi connectivity index (χ1v) is 10.8. The van der Waals surface area contributed by atoms with Gasteiger partial charge in [-0.3, -0.25) is 4.79 Å². The van der Waals surface area contributed by atoms with Crippen LogP contribution in [0.2, 0.25) is 0 Å². The zero-order valence-corrected chi connectivity index (χ0v) is 17.1. The average molecular weight is 395 g/mol. The van der Waals surface area contributed by atoms with Gasteiger partial charge < -0.3 is 15.0 Å². The number of hydrogen-bond donors (Lipinski definition) is 1. The van der Waals surface area contributed by atoms with Crippen molar-refractivity contribution in [1.82, 2.24) is 15.5 Å². The molecule has 1 atom stereocenters. The van der Waals surface area contributed by atoms with Crippen LogP contribution >= 0.6 is 0 Å². The van der Waals surface area contributed by atoms with Gasteiger partial charge >= 0.3 is 0 Å². The summed E-state index contributed by atoms with van der Waals surface area (Å²) in [6.45, 7) is 1.62. The van der Waals surface area contributed by atoms with E-state index in [1.165, 1.54) is 19.3 Å². The van der Waals surface area contributed by atoms with E-state index in [1.807, 2.05) is 36.4 Å². The highest BCUT2D eigenvalue weighted by molar-refractivity contribution is 5.80. The molecular formula is C23H30N4O2. The van der Waals surface area contributed by atoms with E-state index in [9.17, 15) is 4.79 Å². The van der Waals surface area contributed by atoms with E-state index in [-0.39, 0.29) is 11.8 Å². The molecule has 0 spiro atoms. The van der Waals surface area contributed by atoms with E-state index >= 15 is 0 Å². The number of hydrogen-bond acceptors (Lipinski definition) is 5. The number of nitrogens with zero attached hydrogens (tertiary/aromatic N) is 3. The van der Waals surface area contributed by atoms with Crippen molar-refractivity contribution in [2.24, 2.45) is 5.92 Å². The first-order chi connectivity index (χ1) is 14.2. The zero-order valence-electron chi connectivity index (χ0n) is 17.1. The second-order valence-corrected chi connectivity index (χ2v) is 8.11. The van der Waals surface area contributed by atoms with Crippen LogP contribution in [-0.4, -0.2) is 42.3 Å². The van der Waals surface area contributed by atoms with Gasteiger partial charge in [0.2, 0.25) is 5.91 Å². The molecule has 0 bridgehead atoms. The Kier molecular flexibility index (Phi) is 6.27. The molecule has 1 aromatic carbocycles. The molecule has 2 fully saturated rings. The molecule has 1 aromatic heterocycles. The molecular weight excluding hydrogens is 364 g/mol. The predicted molar refractivity (Wildman–Crippen MR) is 114 cm³/mol. The summed E-state index contributed by atoms with van der Waals surface area (Å²) in [5.74, 6) is 1.85. The van der Waals surface area contributed by atoms with E-state index in [4.69, 9.17) is 4.74 Å². The zero-order chi connectivity index (χ0) is 20.1. The molecule has 6 nitrogen and oxygen atoms in total. The molecule has 2 heterocycles. The molecule has 1 N–H and O–H groups in total. The first kappa shape index (κ1) is 19.7. The average Bonchev–Trinajstić information content (AvgIpc) is 2.80. The third kappa shape index (κ3) is 4.69. The summed E-state index contributed by atoms with van der Waals surface area (Å²) in [6.07, 6.45) is 7.95. The Labute approximate surface area is 172 Å². The molecule has 1 saturated heterocycles. The van der Waals surface area contributed by atoms with Gasteiger partial charge in [-0.1, -0.05) is 31.4 Å². The van der Waals surface area contributed by atoms with Gasteiger partial charge in [-0.15, -0.1) is 10.2 Å². The number of benzene rings is 1. The van der Waals surface area contributed by atoms with Crippen LogP contribution in [0.25, 0.3) is 11.3 Å². The minimum Gasteiger partial charge on any atom is -0.496 e. The lowest BCUT2D eigenvalue weighted by Gasteiger charge is -2.34. The fourth-order valence-corrected chi connectivity index (χ4v) is 4.46. The highest BCUT2D eigenvalue weighted by atomic mass is 16.5. The maximum absolute atomic E-state index is 12.8. The molecule has 0 radical (unpaired) electrons. The Morgan fingerprint density at radius 2 is 1.86 bits per heavy atom. The lowest BCUT2D eigenvalue weighted by molar-refractivity contribution is -0.126.